The first-order valence-corrected chi connectivity index (χ1v) is 8.60. The number of ketones is 1. The van der Waals surface area contributed by atoms with Crippen LogP contribution in [0, 0.1) is 13.8 Å². The Bertz CT molecular complexity index is 732. The number of aromatic nitrogens is 1. The van der Waals surface area contributed by atoms with Gasteiger partial charge < -0.3 is 9.47 Å². The topological polar surface area (TPSA) is 48.4 Å². The number of pyridine rings is 1. The summed E-state index contributed by atoms with van der Waals surface area (Å²) < 4.78 is 11.1. The number of aryl methyl sites for hydroxylation is 2. The summed E-state index contributed by atoms with van der Waals surface area (Å²) in [6.45, 7) is 7.94. The van der Waals surface area contributed by atoms with Crippen LogP contribution in [0.15, 0.2) is 53.7 Å². The zero-order valence-electron chi connectivity index (χ0n) is 15.3. The van der Waals surface area contributed by atoms with Gasteiger partial charge in [-0.05, 0) is 44.9 Å². The second-order valence-electron chi connectivity index (χ2n) is 6.21. The maximum absolute atomic E-state index is 12.2. The van der Waals surface area contributed by atoms with Crippen LogP contribution >= 0.6 is 0 Å². The highest BCUT2D eigenvalue weighted by Crippen LogP contribution is 2.18. The number of rotatable bonds is 8. The molecule has 0 radical (unpaired) electrons. The third-order valence-electron chi connectivity index (χ3n) is 3.84. The molecule has 2 heterocycles. The molecule has 0 amide bonds. The molecule has 0 spiro atoms. The summed E-state index contributed by atoms with van der Waals surface area (Å²) in [6, 6.07) is 3.96. The quantitative estimate of drug-likeness (QED) is 0.507. The highest BCUT2D eigenvalue weighted by Gasteiger charge is 2.13. The molecule has 0 saturated carbocycles. The zero-order valence-corrected chi connectivity index (χ0v) is 15.3. The van der Waals surface area contributed by atoms with Crippen molar-refractivity contribution >= 4 is 5.78 Å². The van der Waals surface area contributed by atoms with Crippen molar-refractivity contribution in [3.63, 3.8) is 0 Å². The largest absolute Gasteiger partial charge is 0.474 e. The normalized spacial score (nSPS) is 14.7. The van der Waals surface area contributed by atoms with Crippen LogP contribution in [-0.2, 0) is 9.53 Å². The van der Waals surface area contributed by atoms with Crippen molar-refractivity contribution in [2.24, 2.45) is 0 Å². The lowest BCUT2D eigenvalue weighted by molar-refractivity contribution is -0.111. The number of hydrogen-bond donors (Lipinski definition) is 0. The van der Waals surface area contributed by atoms with Crippen LogP contribution in [0.25, 0.3) is 0 Å². The summed E-state index contributed by atoms with van der Waals surface area (Å²) >= 11 is 0. The fraction of sp³-hybridized carbons (Fsp3) is 0.381. The third-order valence-corrected chi connectivity index (χ3v) is 3.84. The molecule has 0 unspecified atom stereocenters. The Kier molecular flexibility index (Phi) is 6.79. The van der Waals surface area contributed by atoms with Gasteiger partial charge in [-0.2, -0.15) is 0 Å². The SMILES string of the molecule is CCC[C@H](C/C=C/C(=O)C1=COC=C=C1C)Oc1cc(C)cc(C)n1. The molecule has 132 valence electrons. The van der Waals surface area contributed by atoms with E-state index in [2.05, 4.69) is 17.6 Å². The summed E-state index contributed by atoms with van der Waals surface area (Å²) in [5, 5.41) is 0. The average Bonchev–Trinajstić information content (AvgIpc) is 2.54. The van der Waals surface area contributed by atoms with Gasteiger partial charge in [0.05, 0.1) is 5.57 Å². The fourth-order valence-corrected chi connectivity index (χ4v) is 2.63. The summed E-state index contributed by atoms with van der Waals surface area (Å²) in [4.78, 5) is 16.7. The van der Waals surface area contributed by atoms with Crippen molar-refractivity contribution in [1.29, 1.82) is 0 Å². The Morgan fingerprint density at radius 3 is 2.84 bits per heavy atom. The van der Waals surface area contributed by atoms with Crippen molar-refractivity contribution in [2.45, 2.75) is 53.1 Å². The smallest absolute Gasteiger partial charge is 0.213 e. The van der Waals surface area contributed by atoms with Crippen molar-refractivity contribution in [3.8, 4) is 5.88 Å². The second-order valence-corrected chi connectivity index (χ2v) is 6.21. The minimum atomic E-state index is -0.0853. The van der Waals surface area contributed by atoms with Crippen LogP contribution in [0.4, 0.5) is 0 Å². The van der Waals surface area contributed by atoms with Gasteiger partial charge in [-0.25, -0.2) is 4.98 Å². The Hall–Kier alpha value is -2.58. The van der Waals surface area contributed by atoms with E-state index in [1.807, 2.05) is 39.0 Å². The fourth-order valence-electron chi connectivity index (χ4n) is 2.63. The molecule has 1 aliphatic heterocycles. The van der Waals surface area contributed by atoms with Crippen LogP contribution < -0.4 is 4.74 Å². The predicted molar refractivity (Wildman–Crippen MR) is 98.2 cm³/mol. The molecule has 0 saturated heterocycles. The molecule has 0 aromatic carbocycles. The highest BCUT2D eigenvalue weighted by atomic mass is 16.5. The van der Waals surface area contributed by atoms with E-state index >= 15 is 0 Å². The van der Waals surface area contributed by atoms with Crippen LogP contribution in [0.2, 0.25) is 0 Å². The highest BCUT2D eigenvalue weighted by molar-refractivity contribution is 6.06. The van der Waals surface area contributed by atoms with E-state index in [-0.39, 0.29) is 11.9 Å². The molecule has 1 aromatic heterocycles. The minimum absolute atomic E-state index is 0.00382. The molecular formula is C21H25NO3. The van der Waals surface area contributed by atoms with Gasteiger partial charge in [-0.3, -0.25) is 4.79 Å². The Morgan fingerprint density at radius 2 is 2.16 bits per heavy atom. The summed E-state index contributed by atoms with van der Waals surface area (Å²) in [7, 11) is 0. The van der Waals surface area contributed by atoms with Gasteiger partial charge >= 0.3 is 0 Å². The van der Waals surface area contributed by atoms with Crippen molar-refractivity contribution in [2.75, 3.05) is 0 Å². The summed E-state index contributed by atoms with van der Waals surface area (Å²) in [5.74, 6) is 0.556. The van der Waals surface area contributed by atoms with Gasteiger partial charge in [0.2, 0.25) is 5.88 Å². The van der Waals surface area contributed by atoms with E-state index < -0.39 is 0 Å². The molecule has 0 N–H and O–H groups in total. The predicted octanol–water partition coefficient (Wildman–Crippen LogP) is 4.73. The lowest BCUT2D eigenvalue weighted by Gasteiger charge is -2.17. The number of nitrogens with zero attached hydrogens (tertiary/aromatic N) is 1. The van der Waals surface area contributed by atoms with Crippen LogP contribution in [0.5, 0.6) is 5.88 Å². The molecule has 0 bridgehead atoms. The monoisotopic (exact) mass is 339 g/mol. The first-order valence-electron chi connectivity index (χ1n) is 8.60. The van der Waals surface area contributed by atoms with E-state index in [4.69, 9.17) is 9.47 Å². The van der Waals surface area contributed by atoms with Gasteiger partial charge in [0, 0.05) is 23.8 Å². The Morgan fingerprint density at radius 1 is 1.36 bits per heavy atom. The number of ether oxygens (including phenoxy) is 2. The lowest BCUT2D eigenvalue weighted by Crippen LogP contribution is -2.16. The molecule has 1 aromatic rings. The second kappa shape index (κ2) is 9.05. The van der Waals surface area contributed by atoms with Gasteiger partial charge in [0.15, 0.2) is 5.78 Å². The van der Waals surface area contributed by atoms with E-state index in [1.54, 1.807) is 6.08 Å². The van der Waals surface area contributed by atoms with E-state index in [9.17, 15) is 4.79 Å². The number of carbonyl (C=O) groups excluding carboxylic acids is 1. The average molecular weight is 339 g/mol. The Balaban J connectivity index is 1.99. The summed E-state index contributed by atoms with van der Waals surface area (Å²) in [6.07, 6.45) is 8.89. The molecule has 1 aliphatic rings. The van der Waals surface area contributed by atoms with Crippen LogP contribution in [0.3, 0.4) is 0 Å². The maximum Gasteiger partial charge on any atom is 0.213 e. The number of hydrogen-bond acceptors (Lipinski definition) is 4. The van der Waals surface area contributed by atoms with Gasteiger partial charge in [-0.15, -0.1) is 0 Å². The third kappa shape index (κ3) is 5.77. The first kappa shape index (κ1) is 18.8. The molecule has 4 nitrogen and oxygen atoms in total. The van der Waals surface area contributed by atoms with Crippen molar-refractivity contribution in [3.05, 3.63) is 64.9 Å². The molecule has 4 heteroatoms. The van der Waals surface area contributed by atoms with Crippen molar-refractivity contribution in [1.82, 2.24) is 4.98 Å². The molecular weight excluding hydrogens is 314 g/mol. The molecule has 0 aliphatic carbocycles. The van der Waals surface area contributed by atoms with Gasteiger partial charge in [0.1, 0.15) is 18.6 Å². The number of allylic oxidation sites excluding steroid dienone is 3. The Labute approximate surface area is 149 Å². The van der Waals surface area contributed by atoms with Gasteiger partial charge in [-0.1, -0.05) is 25.2 Å². The maximum atomic E-state index is 12.2. The number of carbonyl (C=O) groups is 1. The van der Waals surface area contributed by atoms with E-state index in [1.165, 1.54) is 12.5 Å². The zero-order chi connectivity index (χ0) is 18.2. The van der Waals surface area contributed by atoms with Crippen LogP contribution in [0.1, 0.15) is 44.4 Å². The van der Waals surface area contributed by atoms with E-state index in [0.29, 0.717) is 17.9 Å². The summed E-state index contributed by atoms with van der Waals surface area (Å²) in [5.41, 5.74) is 6.27. The molecule has 2 rings (SSSR count). The standard InChI is InChI=1S/C21H25NO3/c1-5-7-18(25-21-13-15(2)12-17(4)22-21)8-6-9-20(23)19-14-24-11-10-16(19)3/h6,9,11-14,18H,5,7-8H2,1-4H3/b9-6+/t18-/m1/s1. The van der Waals surface area contributed by atoms with Crippen LogP contribution in [-0.4, -0.2) is 16.9 Å². The molecule has 0 fully saturated rings. The molecule has 25 heavy (non-hydrogen) atoms. The minimum Gasteiger partial charge on any atom is -0.474 e. The van der Waals surface area contributed by atoms with E-state index in [0.717, 1.165) is 29.7 Å². The van der Waals surface area contributed by atoms with Crippen molar-refractivity contribution < 1.29 is 14.3 Å². The molecule has 1 atom stereocenters. The van der Waals surface area contributed by atoms with Gasteiger partial charge in [0.25, 0.3) is 0 Å². The first-order chi connectivity index (χ1) is 12.0. The lowest BCUT2D eigenvalue weighted by atomic mass is 10.0.